The van der Waals surface area contributed by atoms with Crippen LogP contribution < -0.4 is 16.0 Å². The number of ether oxygens (including phenoxy) is 1. The number of amides is 2. The Bertz CT molecular complexity index is 577. The first kappa shape index (κ1) is 19.9. The van der Waals surface area contributed by atoms with E-state index >= 15 is 0 Å². The Morgan fingerprint density at radius 3 is 2.42 bits per heavy atom. The number of nitrogens with one attached hydrogen (secondary N) is 3. The van der Waals surface area contributed by atoms with Gasteiger partial charge in [-0.2, -0.15) is 13.2 Å². The van der Waals surface area contributed by atoms with Crippen LogP contribution in [0.25, 0.3) is 0 Å². The zero-order valence-electron chi connectivity index (χ0n) is 13.4. The van der Waals surface area contributed by atoms with Crippen molar-refractivity contribution in [3.63, 3.8) is 0 Å². The minimum Gasteiger partial charge on any atom is -0.383 e. The highest BCUT2D eigenvalue weighted by molar-refractivity contribution is 5.97. The number of anilines is 1. The molecule has 3 N–H and O–H groups in total. The molecule has 2 amide bonds. The van der Waals surface area contributed by atoms with E-state index in [2.05, 4.69) is 16.0 Å². The lowest BCUT2D eigenvalue weighted by Gasteiger charge is -2.13. The smallest absolute Gasteiger partial charge is 0.383 e. The molecule has 0 saturated heterocycles. The molecule has 134 valence electrons. The van der Waals surface area contributed by atoms with Gasteiger partial charge in [-0.3, -0.25) is 9.59 Å². The highest BCUT2D eigenvalue weighted by Gasteiger charge is 2.32. The minimum atomic E-state index is -4.62. The average Bonchev–Trinajstić information content (AvgIpc) is 2.48. The summed E-state index contributed by atoms with van der Waals surface area (Å²) in [6.45, 7) is 2.98. The van der Waals surface area contributed by atoms with Gasteiger partial charge >= 0.3 is 6.18 Å². The molecule has 0 bridgehead atoms. The standard InChI is InChI=1S/C15H20F3N3O3/c1-10(22)21-13-8-11(7-12(9-13)15(16,17)18)14(23)20-4-3-19-5-6-24-2/h7-9,19H,3-6H2,1-2H3,(H,20,23)(H,21,22). The summed E-state index contributed by atoms with van der Waals surface area (Å²) in [5.74, 6) is -1.18. The molecule has 0 radical (unpaired) electrons. The largest absolute Gasteiger partial charge is 0.416 e. The second-order valence-corrected chi connectivity index (χ2v) is 4.98. The average molecular weight is 347 g/mol. The van der Waals surface area contributed by atoms with Crippen LogP contribution >= 0.6 is 0 Å². The fourth-order valence-corrected chi connectivity index (χ4v) is 1.86. The Balaban J connectivity index is 2.77. The Labute approximate surface area is 137 Å². The first-order valence-corrected chi connectivity index (χ1v) is 7.21. The third kappa shape index (κ3) is 6.97. The Kier molecular flexibility index (Phi) is 7.66. The van der Waals surface area contributed by atoms with Crippen molar-refractivity contribution < 1.29 is 27.5 Å². The monoisotopic (exact) mass is 347 g/mol. The summed E-state index contributed by atoms with van der Waals surface area (Å²) >= 11 is 0. The maximum absolute atomic E-state index is 12.9. The van der Waals surface area contributed by atoms with Crippen molar-refractivity contribution in [2.75, 3.05) is 38.7 Å². The van der Waals surface area contributed by atoms with Crippen LogP contribution in [0.2, 0.25) is 0 Å². The predicted octanol–water partition coefficient (Wildman–Crippen LogP) is 1.63. The molecule has 0 aliphatic carbocycles. The van der Waals surface area contributed by atoms with Crippen molar-refractivity contribution >= 4 is 17.5 Å². The van der Waals surface area contributed by atoms with Gasteiger partial charge in [0.15, 0.2) is 0 Å². The fourth-order valence-electron chi connectivity index (χ4n) is 1.86. The molecule has 0 aliphatic heterocycles. The van der Waals surface area contributed by atoms with Crippen molar-refractivity contribution in [2.45, 2.75) is 13.1 Å². The Hall–Kier alpha value is -2.13. The lowest BCUT2D eigenvalue weighted by atomic mass is 10.1. The van der Waals surface area contributed by atoms with E-state index in [1.807, 2.05) is 0 Å². The van der Waals surface area contributed by atoms with E-state index in [1.54, 1.807) is 7.11 Å². The molecule has 24 heavy (non-hydrogen) atoms. The number of carbonyl (C=O) groups is 2. The molecule has 0 unspecified atom stereocenters. The quantitative estimate of drug-likeness (QED) is 0.625. The molecule has 0 heterocycles. The first-order valence-electron chi connectivity index (χ1n) is 7.21. The van der Waals surface area contributed by atoms with Crippen molar-refractivity contribution in [1.82, 2.24) is 10.6 Å². The summed E-state index contributed by atoms with van der Waals surface area (Å²) in [5, 5.41) is 7.76. The van der Waals surface area contributed by atoms with Crippen LogP contribution in [0, 0.1) is 0 Å². The lowest BCUT2D eigenvalue weighted by molar-refractivity contribution is -0.137. The van der Waals surface area contributed by atoms with Gasteiger partial charge in [0.2, 0.25) is 5.91 Å². The zero-order chi connectivity index (χ0) is 18.2. The minimum absolute atomic E-state index is 0.0827. The molecule has 0 saturated carbocycles. The maximum atomic E-state index is 12.9. The Morgan fingerprint density at radius 1 is 1.12 bits per heavy atom. The third-order valence-electron chi connectivity index (χ3n) is 2.91. The van der Waals surface area contributed by atoms with Gasteiger partial charge < -0.3 is 20.7 Å². The molecular weight excluding hydrogens is 327 g/mol. The van der Waals surface area contributed by atoms with Gasteiger partial charge in [0.05, 0.1) is 12.2 Å². The molecule has 1 aromatic carbocycles. The maximum Gasteiger partial charge on any atom is 0.416 e. The van der Waals surface area contributed by atoms with E-state index in [0.717, 1.165) is 12.1 Å². The second kappa shape index (κ2) is 9.24. The van der Waals surface area contributed by atoms with Crippen molar-refractivity contribution in [1.29, 1.82) is 0 Å². The molecular formula is C15H20F3N3O3. The SMILES string of the molecule is COCCNCCNC(=O)c1cc(NC(C)=O)cc(C(F)(F)F)c1. The van der Waals surface area contributed by atoms with E-state index in [1.165, 1.54) is 13.0 Å². The molecule has 0 aromatic heterocycles. The van der Waals surface area contributed by atoms with Crippen LogP contribution in [-0.4, -0.2) is 45.2 Å². The summed E-state index contributed by atoms with van der Waals surface area (Å²) in [7, 11) is 1.56. The van der Waals surface area contributed by atoms with Gasteiger partial charge in [-0.15, -0.1) is 0 Å². The molecule has 0 spiro atoms. The number of alkyl halides is 3. The summed E-state index contributed by atoms with van der Waals surface area (Å²) in [4.78, 5) is 23.0. The summed E-state index contributed by atoms with van der Waals surface area (Å²) in [5.41, 5.74) is -1.26. The number of rotatable bonds is 8. The van der Waals surface area contributed by atoms with E-state index in [0.29, 0.717) is 19.7 Å². The summed E-state index contributed by atoms with van der Waals surface area (Å²) in [6, 6.07) is 2.73. The molecule has 9 heteroatoms. The highest BCUT2D eigenvalue weighted by atomic mass is 19.4. The molecule has 1 aromatic rings. The van der Waals surface area contributed by atoms with Gasteiger partial charge in [-0.25, -0.2) is 0 Å². The van der Waals surface area contributed by atoms with Gasteiger partial charge in [-0.05, 0) is 18.2 Å². The van der Waals surface area contributed by atoms with E-state index in [4.69, 9.17) is 4.74 Å². The topological polar surface area (TPSA) is 79.5 Å². The van der Waals surface area contributed by atoms with Gasteiger partial charge in [0.1, 0.15) is 0 Å². The number of hydrogen-bond acceptors (Lipinski definition) is 4. The number of methoxy groups -OCH3 is 1. The molecule has 0 fully saturated rings. The van der Waals surface area contributed by atoms with Crippen LogP contribution in [0.4, 0.5) is 18.9 Å². The predicted molar refractivity (Wildman–Crippen MR) is 82.8 cm³/mol. The molecule has 1 rings (SSSR count). The molecule has 0 aliphatic rings. The van der Waals surface area contributed by atoms with Gasteiger partial charge in [-0.1, -0.05) is 0 Å². The first-order chi connectivity index (χ1) is 11.2. The molecule has 6 nitrogen and oxygen atoms in total. The lowest BCUT2D eigenvalue weighted by Crippen LogP contribution is -2.33. The highest BCUT2D eigenvalue weighted by Crippen LogP contribution is 2.32. The summed E-state index contributed by atoms with van der Waals surface area (Å²) < 4.78 is 43.6. The van der Waals surface area contributed by atoms with Crippen molar-refractivity contribution in [2.24, 2.45) is 0 Å². The third-order valence-corrected chi connectivity index (χ3v) is 2.91. The van der Waals surface area contributed by atoms with E-state index in [9.17, 15) is 22.8 Å². The van der Waals surface area contributed by atoms with Crippen LogP contribution in [0.3, 0.4) is 0 Å². The van der Waals surface area contributed by atoms with Crippen LogP contribution in [0.1, 0.15) is 22.8 Å². The van der Waals surface area contributed by atoms with Crippen molar-refractivity contribution in [3.8, 4) is 0 Å². The fraction of sp³-hybridized carbons (Fsp3) is 0.467. The van der Waals surface area contributed by atoms with Crippen molar-refractivity contribution in [3.05, 3.63) is 29.3 Å². The number of carbonyl (C=O) groups excluding carboxylic acids is 2. The number of halogens is 3. The van der Waals surface area contributed by atoms with Crippen LogP contribution in [0.5, 0.6) is 0 Å². The Morgan fingerprint density at radius 2 is 1.83 bits per heavy atom. The zero-order valence-corrected chi connectivity index (χ0v) is 13.4. The normalized spacial score (nSPS) is 11.2. The summed E-state index contributed by atoms with van der Waals surface area (Å²) in [6.07, 6.45) is -4.62. The van der Waals surface area contributed by atoms with E-state index < -0.39 is 23.6 Å². The van der Waals surface area contributed by atoms with E-state index in [-0.39, 0.29) is 17.8 Å². The van der Waals surface area contributed by atoms with Crippen LogP contribution in [0.15, 0.2) is 18.2 Å². The molecule has 0 atom stereocenters. The second-order valence-electron chi connectivity index (χ2n) is 4.98. The van der Waals surface area contributed by atoms with Gasteiger partial charge in [0, 0.05) is 44.9 Å². The van der Waals surface area contributed by atoms with Crippen LogP contribution in [-0.2, 0) is 15.7 Å². The number of hydrogen-bond donors (Lipinski definition) is 3. The van der Waals surface area contributed by atoms with Gasteiger partial charge in [0.25, 0.3) is 5.91 Å². The number of benzene rings is 1.